The molecule has 1 unspecified atom stereocenters. The van der Waals surface area contributed by atoms with Gasteiger partial charge in [0.25, 0.3) is 0 Å². The highest BCUT2D eigenvalue weighted by Gasteiger charge is 2.21. The highest BCUT2D eigenvalue weighted by molar-refractivity contribution is 5.28. The molecular formula is C15H23N3O. The fourth-order valence-corrected chi connectivity index (χ4v) is 3.03. The van der Waals surface area contributed by atoms with Crippen LogP contribution in [0.15, 0.2) is 0 Å². The number of hydrogen-bond donors (Lipinski definition) is 1. The third kappa shape index (κ3) is 2.95. The zero-order chi connectivity index (χ0) is 13.1. The molecule has 3 heterocycles. The molecule has 1 N–H and O–H groups in total. The summed E-state index contributed by atoms with van der Waals surface area (Å²) >= 11 is 0. The fraction of sp³-hybridized carbons (Fsp3) is 0.733. The lowest BCUT2D eigenvalue weighted by atomic mass is 10.00. The number of aryl methyl sites for hydroxylation is 1. The van der Waals surface area contributed by atoms with Gasteiger partial charge >= 0.3 is 0 Å². The molecule has 1 saturated heterocycles. The minimum Gasteiger partial charge on any atom is -0.381 e. The Morgan fingerprint density at radius 2 is 2.32 bits per heavy atom. The molecule has 3 rings (SSSR count). The first-order valence-corrected chi connectivity index (χ1v) is 7.52. The van der Waals surface area contributed by atoms with E-state index in [1.165, 1.54) is 17.0 Å². The van der Waals surface area contributed by atoms with Gasteiger partial charge in [-0.1, -0.05) is 13.3 Å². The van der Waals surface area contributed by atoms with Gasteiger partial charge in [0.05, 0.1) is 5.69 Å². The molecule has 1 aromatic heterocycles. The maximum atomic E-state index is 5.45. The van der Waals surface area contributed by atoms with Crippen LogP contribution in [0.1, 0.15) is 42.5 Å². The van der Waals surface area contributed by atoms with Crippen LogP contribution in [0, 0.1) is 5.92 Å². The first-order chi connectivity index (χ1) is 9.36. The van der Waals surface area contributed by atoms with Crippen molar-refractivity contribution in [3.63, 3.8) is 0 Å². The smallest absolute Gasteiger partial charge is 0.129 e. The Morgan fingerprint density at radius 1 is 1.37 bits per heavy atom. The monoisotopic (exact) mass is 261 g/mol. The Bertz CT molecular complexity index is 441. The number of nitrogens with one attached hydrogen (secondary N) is 1. The fourth-order valence-electron chi connectivity index (χ4n) is 3.03. The number of hydrogen-bond acceptors (Lipinski definition) is 4. The van der Waals surface area contributed by atoms with Crippen LogP contribution in [0.5, 0.6) is 0 Å². The lowest BCUT2D eigenvalue weighted by Gasteiger charge is -2.20. The highest BCUT2D eigenvalue weighted by atomic mass is 16.5. The third-order valence-electron chi connectivity index (χ3n) is 4.05. The van der Waals surface area contributed by atoms with Crippen molar-refractivity contribution in [2.24, 2.45) is 5.92 Å². The van der Waals surface area contributed by atoms with Gasteiger partial charge in [0.1, 0.15) is 5.82 Å². The van der Waals surface area contributed by atoms with Crippen molar-refractivity contribution in [3.8, 4) is 0 Å². The lowest BCUT2D eigenvalue weighted by Crippen LogP contribution is -2.27. The number of rotatable bonds is 4. The summed E-state index contributed by atoms with van der Waals surface area (Å²) in [6, 6.07) is 0. The Kier molecular flexibility index (Phi) is 4.09. The van der Waals surface area contributed by atoms with Gasteiger partial charge in [-0.15, -0.1) is 0 Å². The van der Waals surface area contributed by atoms with Gasteiger partial charge in [-0.05, 0) is 37.3 Å². The molecule has 4 nitrogen and oxygen atoms in total. The number of fused-ring (bicyclic) bond motifs is 1. The highest BCUT2D eigenvalue weighted by Crippen LogP contribution is 2.21. The van der Waals surface area contributed by atoms with Gasteiger partial charge in [0.2, 0.25) is 0 Å². The first-order valence-electron chi connectivity index (χ1n) is 7.52. The molecule has 19 heavy (non-hydrogen) atoms. The number of aromatic nitrogens is 2. The predicted molar refractivity (Wildman–Crippen MR) is 74.1 cm³/mol. The third-order valence-corrected chi connectivity index (χ3v) is 4.05. The molecule has 1 fully saturated rings. The molecule has 0 amide bonds. The van der Waals surface area contributed by atoms with Crippen molar-refractivity contribution in [2.75, 3.05) is 19.8 Å². The second-order valence-corrected chi connectivity index (χ2v) is 5.62. The lowest BCUT2D eigenvalue weighted by molar-refractivity contribution is 0.185. The maximum absolute atomic E-state index is 5.45. The molecule has 0 aliphatic carbocycles. The summed E-state index contributed by atoms with van der Waals surface area (Å²) in [5.74, 6) is 1.64. The summed E-state index contributed by atoms with van der Waals surface area (Å²) < 4.78 is 5.45. The van der Waals surface area contributed by atoms with Crippen molar-refractivity contribution < 1.29 is 4.74 Å². The van der Waals surface area contributed by atoms with E-state index in [9.17, 15) is 0 Å². The van der Waals surface area contributed by atoms with Gasteiger partial charge in [-0.25, -0.2) is 9.97 Å². The molecule has 2 aliphatic heterocycles. The summed E-state index contributed by atoms with van der Waals surface area (Å²) in [5.41, 5.74) is 3.94. The van der Waals surface area contributed by atoms with Crippen LogP contribution in [0.25, 0.3) is 0 Å². The van der Waals surface area contributed by atoms with E-state index in [0.29, 0.717) is 5.92 Å². The van der Waals surface area contributed by atoms with E-state index in [1.807, 2.05) is 0 Å². The average Bonchev–Trinajstić information content (AvgIpc) is 2.92. The Balaban J connectivity index is 1.85. The van der Waals surface area contributed by atoms with E-state index in [0.717, 1.165) is 64.2 Å². The normalized spacial score (nSPS) is 22.5. The molecule has 4 heteroatoms. The van der Waals surface area contributed by atoms with E-state index in [1.54, 1.807) is 0 Å². The molecule has 104 valence electrons. The van der Waals surface area contributed by atoms with E-state index >= 15 is 0 Å². The van der Waals surface area contributed by atoms with Crippen LogP contribution in [0.4, 0.5) is 0 Å². The van der Waals surface area contributed by atoms with Crippen molar-refractivity contribution >= 4 is 0 Å². The summed E-state index contributed by atoms with van der Waals surface area (Å²) in [5, 5.41) is 3.42. The van der Waals surface area contributed by atoms with Crippen molar-refractivity contribution in [2.45, 2.75) is 45.6 Å². The van der Waals surface area contributed by atoms with Gasteiger partial charge < -0.3 is 10.1 Å². The summed E-state index contributed by atoms with van der Waals surface area (Å²) in [6.45, 7) is 5.96. The Morgan fingerprint density at radius 3 is 3.11 bits per heavy atom. The van der Waals surface area contributed by atoms with Crippen molar-refractivity contribution in [3.05, 3.63) is 22.8 Å². The van der Waals surface area contributed by atoms with Crippen LogP contribution < -0.4 is 5.32 Å². The molecule has 2 aliphatic rings. The van der Waals surface area contributed by atoms with Crippen molar-refractivity contribution in [1.29, 1.82) is 0 Å². The first kappa shape index (κ1) is 13.0. The molecule has 1 atom stereocenters. The minimum absolute atomic E-state index is 0.615. The molecule has 0 radical (unpaired) electrons. The van der Waals surface area contributed by atoms with Crippen LogP contribution in [-0.2, 0) is 30.5 Å². The van der Waals surface area contributed by atoms with E-state index < -0.39 is 0 Å². The molecule has 0 bridgehead atoms. The van der Waals surface area contributed by atoms with Gasteiger partial charge in [0, 0.05) is 31.9 Å². The minimum atomic E-state index is 0.615. The summed E-state index contributed by atoms with van der Waals surface area (Å²) in [6.07, 6.45) is 5.45. The zero-order valence-corrected chi connectivity index (χ0v) is 11.7. The average molecular weight is 261 g/mol. The standard InChI is InChI=1S/C15H23N3O/c1-2-3-13-12-4-6-16-9-14(12)18-15(17-13)8-11-5-7-19-10-11/h11,16H,2-10H2,1H3. The maximum Gasteiger partial charge on any atom is 0.129 e. The van der Waals surface area contributed by atoms with Crippen LogP contribution in [0.2, 0.25) is 0 Å². The summed E-state index contributed by atoms with van der Waals surface area (Å²) in [7, 11) is 0. The number of nitrogens with zero attached hydrogens (tertiary/aromatic N) is 2. The second kappa shape index (κ2) is 5.97. The molecule has 0 saturated carbocycles. The molecular weight excluding hydrogens is 238 g/mol. The topological polar surface area (TPSA) is 47.0 Å². The van der Waals surface area contributed by atoms with Crippen LogP contribution in [-0.4, -0.2) is 29.7 Å². The second-order valence-electron chi connectivity index (χ2n) is 5.62. The SMILES string of the molecule is CCCc1nc(CC2CCOC2)nc2c1CCNC2. The Hall–Kier alpha value is -1.00. The largest absolute Gasteiger partial charge is 0.381 e. The van der Waals surface area contributed by atoms with E-state index in [2.05, 4.69) is 12.2 Å². The van der Waals surface area contributed by atoms with Gasteiger partial charge in [-0.2, -0.15) is 0 Å². The summed E-state index contributed by atoms with van der Waals surface area (Å²) in [4.78, 5) is 9.64. The van der Waals surface area contributed by atoms with E-state index in [4.69, 9.17) is 14.7 Å². The quantitative estimate of drug-likeness (QED) is 0.895. The zero-order valence-electron chi connectivity index (χ0n) is 11.7. The van der Waals surface area contributed by atoms with Crippen LogP contribution >= 0.6 is 0 Å². The van der Waals surface area contributed by atoms with Crippen molar-refractivity contribution in [1.82, 2.24) is 15.3 Å². The Labute approximate surface area is 115 Å². The molecule has 0 aromatic carbocycles. The molecule has 1 aromatic rings. The predicted octanol–water partition coefficient (Wildman–Crippen LogP) is 1.65. The number of ether oxygens (including phenoxy) is 1. The van der Waals surface area contributed by atoms with Gasteiger partial charge in [0.15, 0.2) is 0 Å². The van der Waals surface area contributed by atoms with Crippen LogP contribution in [0.3, 0.4) is 0 Å². The molecule has 0 spiro atoms. The van der Waals surface area contributed by atoms with Gasteiger partial charge in [-0.3, -0.25) is 0 Å². The van der Waals surface area contributed by atoms with E-state index in [-0.39, 0.29) is 0 Å².